The van der Waals surface area contributed by atoms with Gasteiger partial charge >= 0.3 is 0 Å². The molecular weight excluding hydrogens is 140 g/mol. The lowest BCUT2D eigenvalue weighted by atomic mass is 10.6. The Balaban J connectivity index is 2.74. The molecule has 0 unspecified atom stereocenters. The second-order valence-corrected chi connectivity index (χ2v) is 2.47. The number of hydrogen-bond donors (Lipinski definition) is 1. The molecular formula is C7H12N4. The maximum atomic E-state index is 4.19. The van der Waals surface area contributed by atoms with Crippen LogP contribution in [0.25, 0.3) is 0 Å². The summed E-state index contributed by atoms with van der Waals surface area (Å²) >= 11 is 0. The van der Waals surface area contributed by atoms with Crippen LogP contribution in [0.3, 0.4) is 0 Å². The predicted molar refractivity (Wildman–Crippen MR) is 45.0 cm³/mol. The molecule has 0 atom stereocenters. The van der Waals surface area contributed by atoms with Crippen molar-refractivity contribution in [3.05, 3.63) is 12.4 Å². The molecule has 1 aromatic heterocycles. The first-order chi connectivity index (χ1) is 5.20. The van der Waals surface area contributed by atoms with Crippen molar-refractivity contribution in [3.63, 3.8) is 0 Å². The molecule has 0 saturated heterocycles. The maximum Gasteiger partial charge on any atom is 0.228 e. The van der Waals surface area contributed by atoms with E-state index >= 15 is 0 Å². The number of aromatic amines is 1. The molecule has 4 nitrogen and oxygen atoms in total. The smallest absolute Gasteiger partial charge is 0.228 e. The minimum Gasteiger partial charge on any atom is -0.366 e. The van der Waals surface area contributed by atoms with Crippen LogP contribution in [-0.4, -0.2) is 34.8 Å². The summed E-state index contributed by atoms with van der Waals surface area (Å²) in [4.78, 5) is 13.0. The van der Waals surface area contributed by atoms with Crippen molar-refractivity contribution >= 4 is 11.8 Å². The van der Waals surface area contributed by atoms with Gasteiger partial charge in [-0.2, -0.15) is 0 Å². The zero-order chi connectivity index (χ0) is 8.27. The van der Waals surface area contributed by atoms with Gasteiger partial charge in [0, 0.05) is 26.5 Å². The molecule has 0 spiro atoms. The molecule has 0 aliphatic heterocycles. The van der Waals surface area contributed by atoms with Gasteiger partial charge in [-0.25, -0.2) is 9.98 Å². The van der Waals surface area contributed by atoms with E-state index in [1.54, 1.807) is 12.4 Å². The predicted octanol–water partition coefficient (Wildman–Crippen LogP) is 1.02. The number of imidazole rings is 1. The van der Waals surface area contributed by atoms with Crippen LogP contribution < -0.4 is 0 Å². The Bertz CT molecular complexity index is 235. The van der Waals surface area contributed by atoms with Gasteiger partial charge in [0.05, 0.1) is 0 Å². The molecule has 1 heterocycles. The first-order valence-corrected chi connectivity index (χ1v) is 3.42. The van der Waals surface area contributed by atoms with Crippen LogP contribution in [0.4, 0.5) is 5.95 Å². The Kier molecular flexibility index (Phi) is 2.25. The van der Waals surface area contributed by atoms with Gasteiger partial charge in [-0.3, -0.25) is 0 Å². The van der Waals surface area contributed by atoms with Gasteiger partial charge in [-0.1, -0.05) is 0 Å². The zero-order valence-corrected chi connectivity index (χ0v) is 7.00. The molecule has 0 aromatic carbocycles. The van der Waals surface area contributed by atoms with Crippen molar-refractivity contribution in [1.29, 1.82) is 0 Å². The summed E-state index contributed by atoms with van der Waals surface area (Å²) in [5, 5.41) is 0. The van der Waals surface area contributed by atoms with Crippen molar-refractivity contribution in [2.24, 2.45) is 4.99 Å². The van der Waals surface area contributed by atoms with E-state index in [-0.39, 0.29) is 0 Å². The second-order valence-electron chi connectivity index (χ2n) is 2.47. The van der Waals surface area contributed by atoms with E-state index in [9.17, 15) is 0 Å². The number of nitrogens with zero attached hydrogens (tertiary/aromatic N) is 3. The lowest BCUT2D eigenvalue weighted by Crippen LogP contribution is -2.17. The average Bonchev–Trinajstić information content (AvgIpc) is 2.39. The van der Waals surface area contributed by atoms with Crippen LogP contribution >= 0.6 is 0 Å². The van der Waals surface area contributed by atoms with E-state index < -0.39 is 0 Å². The quantitative estimate of drug-likeness (QED) is 0.482. The number of H-pyrrole nitrogens is 1. The molecule has 0 saturated carbocycles. The van der Waals surface area contributed by atoms with Crippen molar-refractivity contribution in [2.75, 3.05) is 14.1 Å². The highest BCUT2D eigenvalue weighted by atomic mass is 15.2. The molecule has 0 fully saturated rings. The maximum absolute atomic E-state index is 4.19. The highest BCUT2D eigenvalue weighted by molar-refractivity contribution is 5.81. The third-order valence-corrected chi connectivity index (χ3v) is 1.40. The molecule has 11 heavy (non-hydrogen) atoms. The van der Waals surface area contributed by atoms with E-state index in [0.29, 0.717) is 5.95 Å². The summed E-state index contributed by atoms with van der Waals surface area (Å²) < 4.78 is 0. The van der Waals surface area contributed by atoms with E-state index in [4.69, 9.17) is 0 Å². The second kappa shape index (κ2) is 3.18. The molecule has 0 radical (unpaired) electrons. The molecule has 1 N–H and O–H groups in total. The van der Waals surface area contributed by atoms with E-state index in [2.05, 4.69) is 15.0 Å². The van der Waals surface area contributed by atoms with Gasteiger partial charge in [-0.15, -0.1) is 0 Å². The van der Waals surface area contributed by atoms with Gasteiger partial charge in [0.25, 0.3) is 0 Å². The van der Waals surface area contributed by atoms with Crippen molar-refractivity contribution in [1.82, 2.24) is 14.9 Å². The lowest BCUT2D eigenvalue weighted by molar-refractivity contribution is 0.618. The number of aliphatic imine (C=N–C) groups is 1. The molecule has 1 aromatic rings. The minimum atomic E-state index is 0.649. The van der Waals surface area contributed by atoms with E-state index in [0.717, 1.165) is 5.84 Å². The Morgan fingerprint density at radius 1 is 1.64 bits per heavy atom. The number of aromatic nitrogens is 2. The summed E-state index contributed by atoms with van der Waals surface area (Å²) in [6, 6.07) is 0. The Morgan fingerprint density at radius 2 is 2.36 bits per heavy atom. The van der Waals surface area contributed by atoms with Gasteiger partial charge in [0.1, 0.15) is 5.84 Å². The van der Waals surface area contributed by atoms with Gasteiger partial charge in [0.15, 0.2) is 0 Å². The van der Waals surface area contributed by atoms with Crippen LogP contribution in [0.2, 0.25) is 0 Å². The summed E-state index contributed by atoms with van der Waals surface area (Å²) in [5.41, 5.74) is 0. The highest BCUT2D eigenvalue weighted by Gasteiger charge is 1.94. The third-order valence-electron chi connectivity index (χ3n) is 1.40. The van der Waals surface area contributed by atoms with Gasteiger partial charge in [0.2, 0.25) is 5.95 Å². The largest absolute Gasteiger partial charge is 0.366 e. The zero-order valence-electron chi connectivity index (χ0n) is 7.00. The number of rotatable bonds is 1. The Morgan fingerprint density at radius 3 is 2.82 bits per heavy atom. The highest BCUT2D eigenvalue weighted by Crippen LogP contribution is 2.01. The first-order valence-electron chi connectivity index (χ1n) is 3.42. The van der Waals surface area contributed by atoms with E-state index in [1.807, 2.05) is 25.9 Å². The fraction of sp³-hybridized carbons (Fsp3) is 0.429. The fourth-order valence-electron chi connectivity index (χ4n) is 0.571. The van der Waals surface area contributed by atoms with Crippen molar-refractivity contribution < 1.29 is 0 Å². The summed E-state index contributed by atoms with van der Waals surface area (Å²) in [5.74, 6) is 1.58. The SMILES string of the molecule is CC(=Nc1ncc[nH]1)N(C)C. The van der Waals surface area contributed by atoms with Gasteiger partial charge in [-0.05, 0) is 6.92 Å². The minimum absolute atomic E-state index is 0.649. The Labute approximate surface area is 66.0 Å². The molecule has 1 rings (SSSR count). The normalized spacial score (nSPS) is 11.7. The van der Waals surface area contributed by atoms with Crippen LogP contribution in [0.1, 0.15) is 6.92 Å². The van der Waals surface area contributed by atoms with Crippen molar-refractivity contribution in [2.45, 2.75) is 6.92 Å². The topological polar surface area (TPSA) is 44.3 Å². The summed E-state index contributed by atoms with van der Waals surface area (Å²) in [7, 11) is 3.89. The molecule has 0 amide bonds. The molecule has 0 bridgehead atoms. The number of amidine groups is 1. The molecule has 0 aliphatic carbocycles. The van der Waals surface area contributed by atoms with Crippen LogP contribution in [-0.2, 0) is 0 Å². The van der Waals surface area contributed by atoms with Gasteiger partial charge < -0.3 is 9.88 Å². The lowest BCUT2D eigenvalue weighted by Gasteiger charge is -2.09. The summed E-state index contributed by atoms with van der Waals surface area (Å²) in [6.07, 6.45) is 3.43. The number of hydrogen-bond acceptors (Lipinski definition) is 2. The van der Waals surface area contributed by atoms with Crippen LogP contribution in [0.5, 0.6) is 0 Å². The molecule has 0 aliphatic rings. The summed E-state index contributed by atoms with van der Waals surface area (Å²) in [6.45, 7) is 1.93. The monoisotopic (exact) mass is 152 g/mol. The molecule has 60 valence electrons. The van der Waals surface area contributed by atoms with Crippen LogP contribution in [0.15, 0.2) is 17.4 Å². The third kappa shape index (κ3) is 2.07. The van der Waals surface area contributed by atoms with Crippen molar-refractivity contribution in [3.8, 4) is 0 Å². The molecule has 4 heteroatoms. The average molecular weight is 152 g/mol. The Hall–Kier alpha value is -1.32. The van der Waals surface area contributed by atoms with Crippen LogP contribution in [0, 0.1) is 0 Å². The first kappa shape index (κ1) is 7.78. The number of nitrogens with one attached hydrogen (secondary N) is 1. The standard InChI is InChI=1S/C7H12N4/c1-6(11(2)3)10-7-8-4-5-9-7/h4-5H,1-3H3,(H,8,9). The fourth-order valence-corrected chi connectivity index (χ4v) is 0.571. The van der Waals surface area contributed by atoms with E-state index in [1.165, 1.54) is 0 Å².